The first-order chi connectivity index (χ1) is 13.3. The number of carbonyl (C=O) groups excluding carboxylic acids is 2. The van der Waals surface area contributed by atoms with Crippen molar-refractivity contribution in [2.24, 2.45) is 5.41 Å². The van der Waals surface area contributed by atoms with Gasteiger partial charge in [-0.25, -0.2) is 8.42 Å². The fourth-order valence-electron chi connectivity index (χ4n) is 2.69. The molecule has 2 aromatic carbocycles. The Balaban J connectivity index is 2.34. The van der Waals surface area contributed by atoms with Crippen molar-refractivity contribution in [2.75, 3.05) is 16.5 Å². The Hall–Kier alpha value is -2.67. The van der Waals surface area contributed by atoms with Crippen molar-refractivity contribution in [3.8, 4) is 0 Å². The van der Waals surface area contributed by atoms with Gasteiger partial charge in [-0.3, -0.25) is 9.59 Å². The summed E-state index contributed by atoms with van der Waals surface area (Å²) in [4.78, 5) is 27.2. The number of carbonyl (C=O) groups is 2. The Labute approximate surface area is 172 Å². The van der Waals surface area contributed by atoms with E-state index in [1.807, 2.05) is 34.6 Å². The van der Waals surface area contributed by atoms with E-state index in [0.717, 1.165) is 6.26 Å². The highest BCUT2D eigenvalue weighted by Gasteiger charge is 2.24. The number of hydrogen-bond acceptors (Lipinski definition) is 4. The molecule has 2 aromatic rings. The first kappa shape index (κ1) is 22.6. The molecule has 0 aliphatic heterocycles. The standard InChI is InChI=1S/C22H28N2O4S/c1-15(2)24(18-10-12-19(13-11-18)29(6,27)28)20(25)16-8-7-9-17(14-16)23-21(26)22(3,4)5/h7-15H,1-6H3,(H,23,26). The summed E-state index contributed by atoms with van der Waals surface area (Å²) in [5.41, 5.74) is 1.02. The molecule has 0 radical (unpaired) electrons. The number of nitrogens with one attached hydrogen (secondary N) is 1. The monoisotopic (exact) mass is 416 g/mol. The van der Waals surface area contributed by atoms with Crippen LogP contribution in [0.1, 0.15) is 45.0 Å². The normalized spacial score (nSPS) is 12.0. The van der Waals surface area contributed by atoms with E-state index in [2.05, 4.69) is 5.32 Å². The van der Waals surface area contributed by atoms with Crippen LogP contribution in [0.25, 0.3) is 0 Å². The van der Waals surface area contributed by atoms with Crippen LogP contribution in [0.2, 0.25) is 0 Å². The van der Waals surface area contributed by atoms with Crippen LogP contribution in [0, 0.1) is 5.41 Å². The molecular formula is C22H28N2O4S. The molecule has 29 heavy (non-hydrogen) atoms. The molecule has 0 atom stereocenters. The van der Waals surface area contributed by atoms with Crippen molar-refractivity contribution >= 4 is 33.0 Å². The van der Waals surface area contributed by atoms with Crippen LogP contribution < -0.4 is 10.2 Å². The van der Waals surface area contributed by atoms with Gasteiger partial charge in [0.25, 0.3) is 5.91 Å². The first-order valence-corrected chi connectivity index (χ1v) is 11.2. The third-order valence-corrected chi connectivity index (χ3v) is 5.46. The second kappa shape index (κ2) is 8.37. The lowest BCUT2D eigenvalue weighted by Crippen LogP contribution is -2.37. The Kier molecular flexibility index (Phi) is 6.53. The van der Waals surface area contributed by atoms with E-state index in [1.54, 1.807) is 41.3 Å². The minimum Gasteiger partial charge on any atom is -0.326 e. The quantitative estimate of drug-likeness (QED) is 0.794. The van der Waals surface area contributed by atoms with E-state index in [9.17, 15) is 18.0 Å². The summed E-state index contributed by atoms with van der Waals surface area (Å²) in [6.45, 7) is 9.22. The zero-order valence-electron chi connectivity index (χ0n) is 17.7. The third kappa shape index (κ3) is 5.67. The highest BCUT2D eigenvalue weighted by molar-refractivity contribution is 7.90. The van der Waals surface area contributed by atoms with E-state index in [0.29, 0.717) is 16.9 Å². The Bertz CT molecular complexity index is 1000. The maximum atomic E-state index is 13.2. The second-order valence-corrected chi connectivity index (χ2v) is 10.3. The maximum Gasteiger partial charge on any atom is 0.258 e. The topological polar surface area (TPSA) is 83.6 Å². The smallest absolute Gasteiger partial charge is 0.258 e. The molecule has 0 saturated carbocycles. The summed E-state index contributed by atoms with van der Waals surface area (Å²) >= 11 is 0. The highest BCUT2D eigenvalue weighted by atomic mass is 32.2. The number of anilines is 2. The van der Waals surface area contributed by atoms with Gasteiger partial charge in [0.1, 0.15) is 0 Å². The van der Waals surface area contributed by atoms with Crippen molar-refractivity contribution in [1.82, 2.24) is 0 Å². The SMILES string of the molecule is CC(C)N(C(=O)c1cccc(NC(=O)C(C)(C)C)c1)c1ccc(S(C)(=O)=O)cc1. The molecule has 0 bridgehead atoms. The van der Waals surface area contributed by atoms with Gasteiger partial charge in [0.15, 0.2) is 9.84 Å². The van der Waals surface area contributed by atoms with Crippen molar-refractivity contribution in [1.29, 1.82) is 0 Å². The Morgan fingerprint density at radius 3 is 2.07 bits per heavy atom. The Morgan fingerprint density at radius 1 is 1.00 bits per heavy atom. The summed E-state index contributed by atoms with van der Waals surface area (Å²) in [5, 5.41) is 2.83. The molecule has 156 valence electrons. The molecule has 1 N–H and O–H groups in total. The van der Waals surface area contributed by atoms with Crippen LogP contribution in [0.3, 0.4) is 0 Å². The first-order valence-electron chi connectivity index (χ1n) is 9.36. The van der Waals surface area contributed by atoms with Gasteiger partial charge in [0.2, 0.25) is 5.91 Å². The van der Waals surface area contributed by atoms with Crippen molar-refractivity contribution in [3.63, 3.8) is 0 Å². The molecule has 0 saturated heterocycles. The zero-order valence-corrected chi connectivity index (χ0v) is 18.5. The van der Waals surface area contributed by atoms with Crippen LogP contribution in [0.5, 0.6) is 0 Å². The van der Waals surface area contributed by atoms with Crippen molar-refractivity contribution in [2.45, 2.75) is 45.6 Å². The minimum atomic E-state index is -3.31. The van der Waals surface area contributed by atoms with Crippen LogP contribution in [-0.2, 0) is 14.6 Å². The van der Waals surface area contributed by atoms with E-state index >= 15 is 0 Å². The van der Waals surface area contributed by atoms with Crippen LogP contribution in [0.15, 0.2) is 53.4 Å². The van der Waals surface area contributed by atoms with Gasteiger partial charge in [0.05, 0.1) is 4.90 Å². The molecule has 0 unspecified atom stereocenters. The van der Waals surface area contributed by atoms with Crippen LogP contribution in [0.4, 0.5) is 11.4 Å². The van der Waals surface area contributed by atoms with Gasteiger partial charge < -0.3 is 10.2 Å². The molecular weight excluding hydrogens is 388 g/mol. The summed E-state index contributed by atoms with van der Waals surface area (Å²) < 4.78 is 23.4. The van der Waals surface area contributed by atoms with Gasteiger partial charge in [0, 0.05) is 34.7 Å². The van der Waals surface area contributed by atoms with Gasteiger partial charge in [-0.05, 0) is 56.3 Å². The summed E-state index contributed by atoms with van der Waals surface area (Å²) in [6, 6.07) is 12.9. The van der Waals surface area contributed by atoms with Crippen LogP contribution in [-0.4, -0.2) is 32.5 Å². The van der Waals surface area contributed by atoms with Gasteiger partial charge in [-0.2, -0.15) is 0 Å². The molecule has 7 heteroatoms. The number of amides is 2. The number of benzene rings is 2. The predicted molar refractivity (Wildman–Crippen MR) is 116 cm³/mol. The minimum absolute atomic E-state index is 0.140. The zero-order chi connectivity index (χ0) is 22.0. The molecule has 0 heterocycles. The largest absolute Gasteiger partial charge is 0.326 e. The molecule has 6 nitrogen and oxygen atoms in total. The van der Waals surface area contributed by atoms with E-state index in [-0.39, 0.29) is 22.8 Å². The number of sulfone groups is 1. The highest BCUT2D eigenvalue weighted by Crippen LogP contribution is 2.24. The molecule has 0 aromatic heterocycles. The fourth-order valence-corrected chi connectivity index (χ4v) is 3.32. The molecule has 0 aliphatic rings. The predicted octanol–water partition coefficient (Wildman–Crippen LogP) is 4.13. The average molecular weight is 417 g/mol. The second-order valence-electron chi connectivity index (χ2n) is 8.32. The van der Waals surface area contributed by atoms with Gasteiger partial charge >= 0.3 is 0 Å². The van der Waals surface area contributed by atoms with Crippen molar-refractivity contribution < 1.29 is 18.0 Å². The fraction of sp³-hybridized carbons (Fsp3) is 0.364. The molecule has 0 spiro atoms. The number of rotatable bonds is 5. The van der Waals surface area contributed by atoms with E-state index in [1.165, 1.54) is 12.1 Å². The average Bonchev–Trinajstić information content (AvgIpc) is 2.60. The molecule has 0 aliphatic carbocycles. The number of nitrogens with zero attached hydrogens (tertiary/aromatic N) is 1. The van der Waals surface area contributed by atoms with Gasteiger partial charge in [-0.1, -0.05) is 26.8 Å². The summed E-state index contributed by atoms with van der Waals surface area (Å²) in [5.74, 6) is -0.377. The lowest BCUT2D eigenvalue weighted by Gasteiger charge is -2.27. The lowest BCUT2D eigenvalue weighted by molar-refractivity contribution is -0.123. The third-order valence-electron chi connectivity index (χ3n) is 4.33. The Morgan fingerprint density at radius 2 is 1.59 bits per heavy atom. The molecule has 2 rings (SSSR count). The van der Waals surface area contributed by atoms with Crippen LogP contribution >= 0.6 is 0 Å². The summed E-state index contributed by atoms with van der Waals surface area (Å²) in [7, 11) is -3.31. The molecule has 0 fully saturated rings. The van der Waals surface area contributed by atoms with Crippen molar-refractivity contribution in [3.05, 3.63) is 54.1 Å². The maximum absolute atomic E-state index is 13.2. The number of hydrogen-bond donors (Lipinski definition) is 1. The lowest BCUT2D eigenvalue weighted by atomic mass is 9.95. The van der Waals surface area contributed by atoms with E-state index in [4.69, 9.17) is 0 Å². The van der Waals surface area contributed by atoms with Gasteiger partial charge in [-0.15, -0.1) is 0 Å². The van der Waals surface area contributed by atoms with E-state index < -0.39 is 15.3 Å². The molecule has 2 amide bonds. The summed E-state index contributed by atoms with van der Waals surface area (Å²) in [6.07, 6.45) is 1.14.